The van der Waals surface area contributed by atoms with Gasteiger partial charge in [-0.2, -0.15) is 16.8 Å². The van der Waals surface area contributed by atoms with E-state index in [-0.39, 0.29) is 58.8 Å². The molecule has 66 heavy (non-hydrogen) atoms. The summed E-state index contributed by atoms with van der Waals surface area (Å²) in [6.45, 7) is 14.6. The molecule has 0 heterocycles. The highest BCUT2D eigenvalue weighted by Gasteiger charge is 2.65. The summed E-state index contributed by atoms with van der Waals surface area (Å²) in [6, 6.07) is 0. The Morgan fingerprint density at radius 3 is 1.24 bits per heavy atom. The molecule has 12 nitrogen and oxygen atoms in total. The van der Waals surface area contributed by atoms with Crippen molar-refractivity contribution in [1.82, 2.24) is 10.6 Å². The number of aliphatic hydroxyl groups is 2. The third-order valence-electron chi connectivity index (χ3n) is 22.7. The van der Waals surface area contributed by atoms with Gasteiger partial charge in [0.2, 0.25) is 11.8 Å². The zero-order chi connectivity index (χ0) is 47.8. The molecule has 0 aliphatic heterocycles. The lowest BCUT2D eigenvalue weighted by molar-refractivity contribution is -0.183. The Labute approximate surface area is 398 Å². The van der Waals surface area contributed by atoms with Crippen LogP contribution in [0, 0.1) is 105 Å². The van der Waals surface area contributed by atoms with Crippen LogP contribution in [0.1, 0.15) is 170 Å². The molecule has 0 aromatic heterocycles. The number of rotatable bonds is 15. The summed E-state index contributed by atoms with van der Waals surface area (Å²) < 4.78 is 62.4. The van der Waals surface area contributed by atoms with Gasteiger partial charge >= 0.3 is 0 Å². The fourth-order valence-corrected chi connectivity index (χ4v) is 20.0. The van der Waals surface area contributed by atoms with E-state index in [1.165, 1.54) is 64.2 Å². The van der Waals surface area contributed by atoms with Gasteiger partial charge in [0.05, 0.1) is 23.7 Å². The minimum atomic E-state index is -4.10. The number of hydrogen-bond donors (Lipinski definition) is 6. The lowest BCUT2D eigenvalue weighted by atomic mass is 9.41. The lowest BCUT2D eigenvalue weighted by Gasteiger charge is -2.64. The zero-order valence-electron chi connectivity index (χ0n) is 41.3. The van der Waals surface area contributed by atoms with E-state index < -0.39 is 31.7 Å². The van der Waals surface area contributed by atoms with Gasteiger partial charge < -0.3 is 20.8 Å². The molecular formula is C52H88N2O10S2. The fraction of sp³-hybridized carbons (Fsp3) is 0.962. The van der Waals surface area contributed by atoms with Gasteiger partial charge in [0.1, 0.15) is 0 Å². The van der Waals surface area contributed by atoms with Crippen molar-refractivity contribution < 1.29 is 45.7 Å². The van der Waals surface area contributed by atoms with E-state index in [4.69, 9.17) is 9.11 Å². The quantitative estimate of drug-likeness (QED) is 0.0866. The number of fused-ring (bicyclic) bond motifs is 10. The summed E-state index contributed by atoms with van der Waals surface area (Å²) in [7, 11) is -8.21. The largest absolute Gasteiger partial charge is 0.393 e. The number of nitrogens with one attached hydrogen (secondary N) is 2. The predicted molar refractivity (Wildman–Crippen MR) is 256 cm³/mol. The molecule has 14 heteroatoms. The molecule has 8 saturated carbocycles. The minimum absolute atomic E-state index is 0.0751. The van der Waals surface area contributed by atoms with Crippen LogP contribution < -0.4 is 10.6 Å². The summed E-state index contributed by atoms with van der Waals surface area (Å²) in [5.74, 6) is 5.70. The van der Waals surface area contributed by atoms with Crippen LogP contribution in [0.15, 0.2) is 0 Å². The molecule has 0 spiro atoms. The predicted octanol–water partition coefficient (Wildman–Crippen LogP) is 8.32. The molecule has 8 aliphatic rings. The first kappa shape index (κ1) is 51.0. The van der Waals surface area contributed by atoms with Crippen LogP contribution in [0.4, 0.5) is 0 Å². The average molecular weight is 965 g/mol. The van der Waals surface area contributed by atoms with E-state index in [2.05, 4.69) is 52.2 Å². The maximum Gasteiger partial charge on any atom is 0.266 e. The van der Waals surface area contributed by atoms with E-state index in [1.54, 1.807) is 0 Å². The molecule has 2 amide bonds. The van der Waals surface area contributed by atoms with Crippen molar-refractivity contribution in [2.45, 2.75) is 182 Å². The molecule has 8 rings (SSSR count). The van der Waals surface area contributed by atoms with E-state index in [9.17, 15) is 36.6 Å². The van der Waals surface area contributed by atoms with E-state index >= 15 is 0 Å². The minimum Gasteiger partial charge on any atom is -0.393 e. The molecule has 0 saturated heterocycles. The topological polar surface area (TPSA) is 207 Å². The van der Waals surface area contributed by atoms with Crippen molar-refractivity contribution in [2.24, 2.45) is 105 Å². The van der Waals surface area contributed by atoms with Crippen molar-refractivity contribution in [3.05, 3.63) is 0 Å². The fourth-order valence-electron chi connectivity index (χ4n) is 19.3. The molecule has 20 atom stereocenters. The van der Waals surface area contributed by atoms with Gasteiger partial charge in [-0.25, -0.2) is 0 Å². The van der Waals surface area contributed by atoms with Crippen molar-refractivity contribution in [2.75, 3.05) is 24.6 Å². The summed E-state index contributed by atoms with van der Waals surface area (Å²) in [4.78, 5) is 25.1. The van der Waals surface area contributed by atoms with Gasteiger partial charge in [0.15, 0.2) is 0 Å². The molecule has 8 fully saturated rings. The molecule has 6 N–H and O–H groups in total. The van der Waals surface area contributed by atoms with Crippen LogP contribution in [0.5, 0.6) is 0 Å². The third kappa shape index (κ3) is 9.71. The van der Waals surface area contributed by atoms with Crippen molar-refractivity contribution in [3.63, 3.8) is 0 Å². The first-order valence-corrected chi connectivity index (χ1v) is 29.9. The van der Waals surface area contributed by atoms with E-state index in [0.717, 1.165) is 51.4 Å². The second-order valence-corrected chi connectivity index (χ2v) is 28.6. The lowest BCUT2D eigenvalue weighted by Crippen LogP contribution is -2.59. The van der Waals surface area contributed by atoms with Gasteiger partial charge in [0.25, 0.3) is 20.2 Å². The van der Waals surface area contributed by atoms with Crippen LogP contribution in [0.3, 0.4) is 0 Å². The summed E-state index contributed by atoms with van der Waals surface area (Å²) in [5.41, 5.74) is 0.809. The van der Waals surface area contributed by atoms with Crippen LogP contribution >= 0.6 is 0 Å². The monoisotopic (exact) mass is 965 g/mol. The number of hydrogen-bond acceptors (Lipinski definition) is 8. The Balaban J connectivity index is 0.848. The number of carbonyl (C=O) groups excluding carboxylic acids is 2. The maximum atomic E-state index is 12.6. The average Bonchev–Trinajstić information content (AvgIpc) is 3.78. The first-order chi connectivity index (χ1) is 30.9. The van der Waals surface area contributed by atoms with E-state index in [0.29, 0.717) is 95.7 Å². The molecule has 5 unspecified atom stereocenters. The van der Waals surface area contributed by atoms with Gasteiger partial charge in [-0.3, -0.25) is 18.7 Å². The number of amides is 2. The highest BCUT2D eigenvalue weighted by Crippen LogP contribution is 2.72. The molecular weight excluding hydrogens is 877 g/mol. The molecule has 8 aliphatic carbocycles. The van der Waals surface area contributed by atoms with Gasteiger partial charge in [0, 0.05) is 25.9 Å². The SMILES string of the molecule is C[C@H](CCC(=O)NCCS(=O)(=O)O)[C@H]1CC[C@H]2[C@H]3C(CC[C@]12C)[C@@]1(C)CCC(C2CC[C@@]4(C)C(C2)C[C@H](O)[C@H]2[C@@H]5CC[C@H]([C@H](C)CCC(=O)NCCS(=O)(=O)O)[C@@]5(C)CC[C@@H]24)CC1C[C@@H]3O. The molecule has 378 valence electrons. The van der Waals surface area contributed by atoms with Crippen molar-refractivity contribution >= 4 is 32.1 Å². The highest BCUT2D eigenvalue weighted by molar-refractivity contribution is 7.86. The van der Waals surface area contributed by atoms with Gasteiger partial charge in [-0.15, -0.1) is 0 Å². The van der Waals surface area contributed by atoms with Gasteiger partial charge in [-0.1, -0.05) is 41.5 Å². The summed E-state index contributed by atoms with van der Waals surface area (Å²) in [6.07, 6.45) is 20.4. The maximum absolute atomic E-state index is 12.6. The van der Waals surface area contributed by atoms with Crippen LogP contribution in [0.25, 0.3) is 0 Å². The Kier molecular flexibility index (Phi) is 14.7. The Morgan fingerprint density at radius 1 is 0.530 bits per heavy atom. The normalized spacial score (nSPS) is 46.3. The van der Waals surface area contributed by atoms with Crippen molar-refractivity contribution in [1.29, 1.82) is 0 Å². The molecule has 0 radical (unpaired) electrons. The standard InChI is InChI=1S/C52H88N2O10S2/c1-31(7-13-45(57)53-23-25-65(59,60)61)37-9-11-39-47-41(17-21-51(37,39)5)49(3)19-15-33(27-35(49)29-43(47)55)34-16-20-50(4)36(28-34)30-44(56)48-40-12-10-38(52(40,6)22-18-42(48)50)32(2)8-14-46(58)54-24-26-66(62,63)64/h31-44,47-48,55-56H,7-30H2,1-6H3,(H,53,57)(H,54,58)(H,59,60,61)(H,62,63,64)/t31-,32-,33?,34?,35?,36?,37-,38-,39+,40+,41+,42?,43+,44+,47+,48+,49+,50+,51-,52-/m1/s1. The molecule has 0 bridgehead atoms. The Hall–Kier alpha value is -1.32. The zero-order valence-corrected chi connectivity index (χ0v) is 42.9. The molecule has 0 aromatic rings. The van der Waals surface area contributed by atoms with Crippen LogP contribution in [-0.2, 0) is 29.8 Å². The number of carbonyl (C=O) groups is 2. The smallest absolute Gasteiger partial charge is 0.266 e. The Bertz CT molecular complexity index is 1860. The third-order valence-corrected chi connectivity index (χ3v) is 24.1. The second kappa shape index (κ2) is 19.0. The van der Waals surface area contributed by atoms with Crippen LogP contribution in [-0.4, -0.2) is 84.8 Å². The van der Waals surface area contributed by atoms with E-state index in [1.807, 2.05) is 0 Å². The summed E-state index contributed by atoms with van der Waals surface area (Å²) in [5, 5.41) is 29.8. The molecule has 0 aromatic carbocycles. The Morgan fingerprint density at radius 2 is 0.879 bits per heavy atom. The number of aliphatic hydroxyl groups excluding tert-OH is 2. The highest BCUT2D eigenvalue weighted by atomic mass is 32.2. The first-order valence-electron chi connectivity index (χ1n) is 26.7. The second-order valence-electron chi connectivity index (χ2n) is 25.4. The van der Waals surface area contributed by atoms with Crippen LogP contribution in [0.2, 0.25) is 0 Å². The summed E-state index contributed by atoms with van der Waals surface area (Å²) >= 11 is 0. The van der Waals surface area contributed by atoms with Gasteiger partial charge in [-0.05, 0) is 220 Å². The van der Waals surface area contributed by atoms with Crippen molar-refractivity contribution in [3.8, 4) is 0 Å².